The third-order valence-electron chi connectivity index (χ3n) is 1.93. The minimum absolute atomic E-state index is 0.228. The molecule has 0 bridgehead atoms. The molecule has 1 aliphatic rings. The van der Waals surface area contributed by atoms with E-state index in [1.165, 1.54) is 9.80 Å². The number of aliphatic carboxylic acids is 1. The molecule has 0 spiro atoms. The van der Waals surface area contributed by atoms with E-state index < -0.39 is 12.0 Å². The Kier molecular flexibility index (Phi) is 2.21. The summed E-state index contributed by atoms with van der Waals surface area (Å²) < 4.78 is 0. The Morgan fingerprint density at radius 2 is 2.08 bits per heavy atom. The number of amides is 2. The summed E-state index contributed by atoms with van der Waals surface area (Å²) in [6.45, 7) is 0.550. The minimum Gasteiger partial charge on any atom is -0.480 e. The summed E-state index contributed by atoms with van der Waals surface area (Å²) in [5.74, 6) is -0.920. The maximum absolute atomic E-state index is 11.2. The first kappa shape index (κ1) is 8.83. The first-order valence-corrected chi connectivity index (χ1v) is 3.74. The number of rotatable bonds is 1. The zero-order valence-corrected chi connectivity index (χ0v) is 7.15. The van der Waals surface area contributed by atoms with Crippen LogP contribution >= 0.6 is 0 Å². The second-order valence-corrected chi connectivity index (χ2v) is 3.01. The van der Waals surface area contributed by atoms with Crippen molar-refractivity contribution in [2.75, 3.05) is 20.6 Å². The van der Waals surface area contributed by atoms with Gasteiger partial charge in [-0.1, -0.05) is 0 Å². The quantitative estimate of drug-likeness (QED) is 0.597. The van der Waals surface area contributed by atoms with E-state index in [2.05, 4.69) is 0 Å². The highest BCUT2D eigenvalue weighted by atomic mass is 16.4. The summed E-state index contributed by atoms with van der Waals surface area (Å²) in [6, 6.07) is -0.839. The van der Waals surface area contributed by atoms with Gasteiger partial charge in [0.15, 0.2) is 0 Å². The third kappa shape index (κ3) is 1.34. The van der Waals surface area contributed by atoms with Crippen molar-refractivity contribution in [3.63, 3.8) is 0 Å². The zero-order chi connectivity index (χ0) is 9.30. The number of hydrogen-bond donors (Lipinski definition) is 1. The van der Waals surface area contributed by atoms with Crippen LogP contribution in [0.25, 0.3) is 0 Å². The van der Waals surface area contributed by atoms with Crippen LogP contribution in [-0.4, -0.2) is 53.6 Å². The van der Waals surface area contributed by atoms with Crippen LogP contribution in [0.4, 0.5) is 4.79 Å². The molecular formula is C7H12N2O3. The predicted octanol–water partition coefficient (Wildman–Crippen LogP) is -0.173. The summed E-state index contributed by atoms with van der Waals surface area (Å²) in [7, 11) is 3.22. The average molecular weight is 172 g/mol. The van der Waals surface area contributed by atoms with Gasteiger partial charge in [0.25, 0.3) is 0 Å². The standard InChI is InChI=1S/C7H12N2O3/c1-8(2)7(12)9-4-3-5(9)6(10)11/h5H,3-4H2,1-2H3,(H,10,11). The van der Waals surface area contributed by atoms with Gasteiger partial charge in [-0.15, -0.1) is 0 Å². The lowest BCUT2D eigenvalue weighted by Gasteiger charge is -2.39. The van der Waals surface area contributed by atoms with Crippen molar-refractivity contribution < 1.29 is 14.7 Å². The van der Waals surface area contributed by atoms with E-state index in [1.807, 2.05) is 0 Å². The van der Waals surface area contributed by atoms with Crippen molar-refractivity contribution in [3.05, 3.63) is 0 Å². The fraction of sp³-hybridized carbons (Fsp3) is 0.714. The van der Waals surface area contributed by atoms with Gasteiger partial charge >= 0.3 is 12.0 Å². The van der Waals surface area contributed by atoms with E-state index in [-0.39, 0.29) is 6.03 Å². The smallest absolute Gasteiger partial charge is 0.326 e. The van der Waals surface area contributed by atoms with Crippen molar-refractivity contribution in [2.45, 2.75) is 12.5 Å². The lowest BCUT2D eigenvalue weighted by Crippen LogP contribution is -2.57. The number of nitrogens with zero attached hydrogens (tertiary/aromatic N) is 2. The molecule has 0 aromatic rings. The Morgan fingerprint density at radius 1 is 1.50 bits per heavy atom. The highest BCUT2D eigenvalue weighted by molar-refractivity contribution is 5.84. The van der Waals surface area contributed by atoms with Crippen molar-refractivity contribution in [1.82, 2.24) is 9.80 Å². The normalized spacial score (nSPS) is 21.5. The zero-order valence-electron chi connectivity index (χ0n) is 7.15. The number of carboxylic acids is 1. The highest BCUT2D eigenvalue weighted by Gasteiger charge is 2.38. The van der Waals surface area contributed by atoms with E-state index >= 15 is 0 Å². The summed E-state index contributed by atoms with van der Waals surface area (Å²) >= 11 is 0. The highest BCUT2D eigenvalue weighted by Crippen LogP contribution is 2.18. The Bertz CT molecular complexity index is 215. The molecule has 1 rings (SSSR count). The molecule has 68 valence electrons. The van der Waals surface area contributed by atoms with E-state index in [0.29, 0.717) is 13.0 Å². The summed E-state index contributed by atoms with van der Waals surface area (Å²) in [5, 5.41) is 8.62. The van der Waals surface area contributed by atoms with Crippen LogP contribution in [0.1, 0.15) is 6.42 Å². The minimum atomic E-state index is -0.920. The summed E-state index contributed by atoms with van der Waals surface area (Å²) in [5.41, 5.74) is 0. The van der Waals surface area contributed by atoms with E-state index in [0.717, 1.165) is 0 Å². The molecule has 1 atom stereocenters. The van der Waals surface area contributed by atoms with E-state index in [4.69, 9.17) is 5.11 Å². The number of hydrogen-bond acceptors (Lipinski definition) is 2. The van der Waals surface area contributed by atoms with Crippen molar-refractivity contribution in [2.24, 2.45) is 0 Å². The monoisotopic (exact) mass is 172 g/mol. The molecule has 0 aliphatic carbocycles. The molecule has 1 N–H and O–H groups in total. The molecule has 0 radical (unpaired) electrons. The first-order chi connectivity index (χ1) is 5.54. The molecule has 1 aliphatic heterocycles. The van der Waals surface area contributed by atoms with Gasteiger partial charge in [-0.2, -0.15) is 0 Å². The van der Waals surface area contributed by atoms with Gasteiger partial charge in [0, 0.05) is 20.6 Å². The van der Waals surface area contributed by atoms with Crippen LogP contribution < -0.4 is 0 Å². The molecule has 1 saturated heterocycles. The summed E-state index contributed by atoms with van der Waals surface area (Å²) in [4.78, 5) is 24.5. The van der Waals surface area contributed by atoms with Crippen LogP contribution in [0, 0.1) is 0 Å². The maximum atomic E-state index is 11.2. The average Bonchev–Trinajstić information content (AvgIpc) is 1.82. The lowest BCUT2D eigenvalue weighted by molar-refractivity contribution is -0.146. The SMILES string of the molecule is CN(C)C(=O)N1CCC1C(=O)O. The lowest BCUT2D eigenvalue weighted by atomic mass is 10.0. The number of likely N-dealkylation sites (tertiary alicyclic amines) is 1. The number of urea groups is 1. The predicted molar refractivity (Wildman–Crippen MR) is 41.8 cm³/mol. The molecule has 1 heterocycles. The fourth-order valence-electron chi connectivity index (χ4n) is 1.13. The number of carbonyl (C=O) groups is 2. The van der Waals surface area contributed by atoms with Gasteiger partial charge in [0.05, 0.1) is 0 Å². The fourth-order valence-corrected chi connectivity index (χ4v) is 1.13. The summed E-state index contributed by atoms with van der Waals surface area (Å²) in [6.07, 6.45) is 0.564. The third-order valence-corrected chi connectivity index (χ3v) is 1.93. The second kappa shape index (κ2) is 3.00. The van der Waals surface area contributed by atoms with Gasteiger partial charge in [0.1, 0.15) is 6.04 Å². The number of carboxylic acid groups (broad SMARTS) is 1. The van der Waals surface area contributed by atoms with Crippen molar-refractivity contribution >= 4 is 12.0 Å². The molecule has 1 fully saturated rings. The van der Waals surface area contributed by atoms with Crippen LogP contribution in [0.3, 0.4) is 0 Å². The van der Waals surface area contributed by atoms with Crippen molar-refractivity contribution in [3.8, 4) is 0 Å². The van der Waals surface area contributed by atoms with Crippen LogP contribution in [-0.2, 0) is 4.79 Å². The molecule has 5 heteroatoms. The van der Waals surface area contributed by atoms with Crippen LogP contribution in [0.5, 0.6) is 0 Å². The topological polar surface area (TPSA) is 60.9 Å². The molecule has 0 aromatic heterocycles. The number of carbonyl (C=O) groups excluding carboxylic acids is 1. The Balaban J connectivity index is 2.55. The maximum Gasteiger partial charge on any atom is 0.326 e. The van der Waals surface area contributed by atoms with Crippen molar-refractivity contribution in [1.29, 1.82) is 0 Å². The second-order valence-electron chi connectivity index (χ2n) is 3.01. The van der Waals surface area contributed by atoms with Gasteiger partial charge in [-0.05, 0) is 6.42 Å². The molecule has 1 unspecified atom stereocenters. The van der Waals surface area contributed by atoms with E-state index in [9.17, 15) is 9.59 Å². The molecule has 0 saturated carbocycles. The van der Waals surface area contributed by atoms with Crippen LogP contribution in [0.15, 0.2) is 0 Å². The largest absolute Gasteiger partial charge is 0.480 e. The van der Waals surface area contributed by atoms with Crippen LogP contribution in [0.2, 0.25) is 0 Å². The first-order valence-electron chi connectivity index (χ1n) is 3.74. The molecule has 2 amide bonds. The molecule has 5 nitrogen and oxygen atoms in total. The van der Waals surface area contributed by atoms with Gasteiger partial charge in [0.2, 0.25) is 0 Å². The molecule has 0 aromatic carbocycles. The Labute approximate surface area is 70.6 Å². The Hall–Kier alpha value is -1.26. The molecule has 12 heavy (non-hydrogen) atoms. The van der Waals surface area contributed by atoms with Gasteiger partial charge < -0.3 is 14.9 Å². The van der Waals surface area contributed by atoms with E-state index in [1.54, 1.807) is 14.1 Å². The molecular weight excluding hydrogens is 160 g/mol. The van der Waals surface area contributed by atoms with Gasteiger partial charge in [-0.25, -0.2) is 9.59 Å². The Morgan fingerprint density at radius 3 is 2.33 bits per heavy atom. The van der Waals surface area contributed by atoms with Gasteiger partial charge in [-0.3, -0.25) is 0 Å².